The second-order valence-corrected chi connectivity index (χ2v) is 9.68. The molecule has 6 nitrogen and oxygen atoms in total. The molecule has 3 aromatic rings. The third kappa shape index (κ3) is 5.95. The van der Waals surface area contributed by atoms with E-state index in [9.17, 15) is 9.59 Å². The second kappa shape index (κ2) is 10.4. The molecular weight excluding hydrogens is 518 g/mol. The standard InChI is InChI=1S/C24H20Cl4N4O2/c25-16-3-1-13(21(28)10-16)6-22(29)23(33)32-11-14-2-4-19(5-15(14)12-32)30-24(34)31-20-8-17(26)7-18(27)9-20/h1-5,7-10,22H,6,11-12,29H2,(H2,30,31,34). The third-order valence-corrected chi connectivity index (χ3v) is 6.41. The Labute approximate surface area is 216 Å². The van der Waals surface area contributed by atoms with E-state index in [4.69, 9.17) is 52.1 Å². The summed E-state index contributed by atoms with van der Waals surface area (Å²) in [6.07, 6.45) is 0.308. The second-order valence-electron chi connectivity index (χ2n) is 7.96. The minimum Gasteiger partial charge on any atom is -0.333 e. The minimum atomic E-state index is -0.735. The molecule has 1 unspecified atom stereocenters. The van der Waals surface area contributed by atoms with Gasteiger partial charge in [0.25, 0.3) is 0 Å². The van der Waals surface area contributed by atoms with Crippen molar-refractivity contribution in [2.45, 2.75) is 25.6 Å². The zero-order chi connectivity index (χ0) is 24.4. The van der Waals surface area contributed by atoms with E-state index < -0.39 is 12.1 Å². The first-order chi connectivity index (χ1) is 16.2. The number of hydrogen-bond acceptors (Lipinski definition) is 3. The van der Waals surface area contributed by atoms with Crippen LogP contribution in [0.1, 0.15) is 16.7 Å². The number of carbonyl (C=O) groups excluding carboxylic acids is 2. The van der Waals surface area contributed by atoms with E-state index in [0.717, 1.165) is 16.7 Å². The van der Waals surface area contributed by atoms with E-state index >= 15 is 0 Å². The molecular formula is C24H20Cl4N4O2. The number of benzene rings is 3. The molecule has 0 aliphatic carbocycles. The Balaban J connectivity index is 1.37. The van der Waals surface area contributed by atoms with Gasteiger partial charge in [0.2, 0.25) is 5.91 Å². The summed E-state index contributed by atoms with van der Waals surface area (Å²) in [5.74, 6) is -0.174. The highest BCUT2D eigenvalue weighted by Crippen LogP contribution is 2.28. The van der Waals surface area contributed by atoms with Gasteiger partial charge in [0, 0.05) is 44.6 Å². The van der Waals surface area contributed by atoms with Crippen LogP contribution in [0.15, 0.2) is 54.6 Å². The van der Waals surface area contributed by atoms with Gasteiger partial charge in [-0.1, -0.05) is 58.5 Å². The number of urea groups is 1. The van der Waals surface area contributed by atoms with Gasteiger partial charge in [-0.05, 0) is 65.6 Å². The van der Waals surface area contributed by atoms with Gasteiger partial charge in [-0.15, -0.1) is 0 Å². The number of carbonyl (C=O) groups is 2. The fourth-order valence-electron chi connectivity index (χ4n) is 3.79. The average molecular weight is 538 g/mol. The Morgan fingerprint density at radius 3 is 2.21 bits per heavy atom. The summed E-state index contributed by atoms with van der Waals surface area (Å²) < 4.78 is 0. The molecule has 10 heteroatoms. The molecule has 0 spiro atoms. The maximum atomic E-state index is 12.9. The third-order valence-electron chi connectivity index (χ3n) is 5.39. The van der Waals surface area contributed by atoms with Crippen LogP contribution < -0.4 is 16.4 Å². The van der Waals surface area contributed by atoms with Crippen molar-refractivity contribution in [3.8, 4) is 0 Å². The Hall–Kier alpha value is -2.48. The fraction of sp³-hybridized carbons (Fsp3) is 0.167. The van der Waals surface area contributed by atoms with E-state index in [0.29, 0.717) is 51.0 Å². The molecule has 0 saturated carbocycles. The maximum Gasteiger partial charge on any atom is 0.323 e. The topological polar surface area (TPSA) is 87.5 Å². The number of halogens is 4. The summed E-state index contributed by atoms with van der Waals surface area (Å²) in [6.45, 7) is 0.848. The van der Waals surface area contributed by atoms with Crippen LogP contribution in [0.3, 0.4) is 0 Å². The predicted molar refractivity (Wildman–Crippen MR) is 138 cm³/mol. The van der Waals surface area contributed by atoms with E-state index in [2.05, 4.69) is 10.6 Å². The van der Waals surface area contributed by atoms with Gasteiger partial charge < -0.3 is 21.3 Å². The van der Waals surface area contributed by atoms with Gasteiger partial charge in [-0.2, -0.15) is 0 Å². The Bertz CT molecular complexity index is 1250. The van der Waals surface area contributed by atoms with Crippen LogP contribution >= 0.6 is 46.4 Å². The Kier molecular flexibility index (Phi) is 7.55. The van der Waals surface area contributed by atoms with Crippen LogP contribution in [0, 0.1) is 0 Å². The van der Waals surface area contributed by atoms with Gasteiger partial charge >= 0.3 is 6.03 Å². The van der Waals surface area contributed by atoms with Gasteiger partial charge in [0.15, 0.2) is 0 Å². The normalized spacial score (nSPS) is 13.4. The summed E-state index contributed by atoms with van der Waals surface area (Å²) in [7, 11) is 0. The van der Waals surface area contributed by atoms with Crippen molar-refractivity contribution in [3.63, 3.8) is 0 Å². The molecule has 176 valence electrons. The molecule has 0 aromatic heterocycles. The lowest BCUT2D eigenvalue weighted by molar-refractivity contribution is -0.133. The van der Waals surface area contributed by atoms with Gasteiger partial charge in [0.05, 0.1) is 6.04 Å². The highest BCUT2D eigenvalue weighted by Gasteiger charge is 2.28. The number of nitrogens with one attached hydrogen (secondary N) is 2. The number of hydrogen-bond donors (Lipinski definition) is 3. The first-order valence-corrected chi connectivity index (χ1v) is 11.8. The number of amides is 3. The van der Waals surface area contributed by atoms with Crippen molar-refractivity contribution in [2.75, 3.05) is 10.6 Å². The molecule has 4 rings (SSSR count). The van der Waals surface area contributed by atoms with Crippen molar-refractivity contribution in [2.24, 2.45) is 5.73 Å². The monoisotopic (exact) mass is 536 g/mol. The summed E-state index contributed by atoms with van der Waals surface area (Å²) >= 11 is 24.1. The highest BCUT2D eigenvalue weighted by atomic mass is 35.5. The maximum absolute atomic E-state index is 12.9. The number of nitrogens with two attached hydrogens (primary N) is 1. The Morgan fingerprint density at radius 2 is 1.50 bits per heavy atom. The van der Waals surface area contributed by atoms with E-state index in [1.807, 2.05) is 12.1 Å². The zero-order valence-electron chi connectivity index (χ0n) is 17.7. The van der Waals surface area contributed by atoms with Crippen LogP contribution in [0.5, 0.6) is 0 Å². The zero-order valence-corrected chi connectivity index (χ0v) is 20.8. The van der Waals surface area contributed by atoms with Crippen LogP contribution in [0.2, 0.25) is 20.1 Å². The lowest BCUT2D eigenvalue weighted by Gasteiger charge is -2.20. The van der Waals surface area contributed by atoms with Crippen LogP contribution in [0.25, 0.3) is 0 Å². The molecule has 3 aromatic carbocycles. The molecule has 34 heavy (non-hydrogen) atoms. The summed E-state index contributed by atoms with van der Waals surface area (Å²) in [4.78, 5) is 27.0. The average Bonchev–Trinajstić information content (AvgIpc) is 3.17. The van der Waals surface area contributed by atoms with Gasteiger partial charge in [0.1, 0.15) is 0 Å². The number of fused-ring (bicyclic) bond motifs is 1. The fourth-order valence-corrected chi connectivity index (χ4v) is 4.81. The molecule has 0 bridgehead atoms. The molecule has 0 radical (unpaired) electrons. The largest absolute Gasteiger partial charge is 0.333 e. The van der Waals surface area contributed by atoms with Crippen LogP contribution in [0.4, 0.5) is 16.2 Å². The summed E-state index contributed by atoms with van der Waals surface area (Å²) in [6, 6.07) is 14.2. The smallest absolute Gasteiger partial charge is 0.323 e. The molecule has 1 atom stereocenters. The Morgan fingerprint density at radius 1 is 0.824 bits per heavy atom. The minimum absolute atomic E-state index is 0.174. The lowest BCUT2D eigenvalue weighted by Crippen LogP contribution is -2.42. The number of rotatable bonds is 5. The molecule has 1 heterocycles. The van der Waals surface area contributed by atoms with Crippen molar-refractivity contribution in [1.29, 1.82) is 0 Å². The number of nitrogens with zero attached hydrogens (tertiary/aromatic N) is 1. The molecule has 0 fully saturated rings. The number of anilines is 2. The first kappa shape index (κ1) is 24.6. The quantitative estimate of drug-likeness (QED) is 0.354. The lowest BCUT2D eigenvalue weighted by atomic mass is 10.1. The van der Waals surface area contributed by atoms with Gasteiger partial charge in [-0.25, -0.2) is 4.79 Å². The van der Waals surface area contributed by atoms with E-state index in [-0.39, 0.29) is 5.91 Å². The van der Waals surface area contributed by atoms with Gasteiger partial charge in [-0.3, -0.25) is 4.79 Å². The van der Waals surface area contributed by atoms with Crippen molar-refractivity contribution in [1.82, 2.24) is 4.90 Å². The van der Waals surface area contributed by atoms with E-state index in [1.165, 1.54) is 0 Å². The summed E-state index contributed by atoms with van der Waals surface area (Å²) in [5.41, 5.74) is 9.96. The predicted octanol–water partition coefficient (Wildman–Crippen LogP) is 6.36. The molecule has 0 saturated heterocycles. The van der Waals surface area contributed by atoms with Crippen molar-refractivity contribution < 1.29 is 9.59 Å². The summed E-state index contributed by atoms with van der Waals surface area (Å²) in [5, 5.41) is 7.32. The van der Waals surface area contributed by atoms with E-state index in [1.54, 1.807) is 47.4 Å². The van der Waals surface area contributed by atoms with Crippen LogP contribution in [-0.2, 0) is 24.3 Å². The first-order valence-electron chi connectivity index (χ1n) is 10.3. The van der Waals surface area contributed by atoms with Crippen molar-refractivity contribution in [3.05, 3.63) is 91.4 Å². The van der Waals surface area contributed by atoms with Crippen molar-refractivity contribution >= 4 is 69.7 Å². The highest BCUT2D eigenvalue weighted by molar-refractivity contribution is 6.35. The SMILES string of the molecule is NC(Cc1ccc(Cl)cc1Cl)C(=O)N1Cc2ccc(NC(=O)Nc3cc(Cl)cc(Cl)c3)cc2C1. The molecule has 1 aliphatic heterocycles. The molecule has 1 aliphatic rings. The van der Waals surface area contributed by atoms with Crippen LogP contribution in [-0.4, -0.2) is 22.9 Å². The molecule has 3 amide bonds. The molecule has 4 N–H and O–H groups in total.